The van der Waals surface area contributed by atoms with Gasteiger partial charge >= 0.3 is 0 Å². The number of quaternary nitrogens is 1. The second-order valence-corrected chi connectivity index (χ2v) is 4.65. The van der Waals surface area contributed by atoms with E-state index >= 15 is 0 Å². The summed E-state index contributed by atoms with van der Waals surface area (Å²) in [6.45, 7) is 4.18. The Kier molecular flexibility index (Phi) is 4.32. The summed E-state index contributed by atoms with van der Waals surface area (Å²) in [7, 11) is 0. The number of nitrogens with zero attached hydrogens (tertiary/aromatic N) is 1. The smallest absolute Gasteiger partial charge is 0.251 e. The molecule has 2 N–H and O–H groups in total. The minimum atomic E-state index is -0.0573. The summed E-state index contributed by atoms with van der Waals surface area (Å²) in [5.41, 5.74) is 1.19. The topological polar surface area (TPSA) is 57.3 Å². The van der Waals surface area contributed by atoms with E-state index in [0.717, 1.165) is 6.54 Å². The second kappa shape index (κ2) is 6.18. The molecule has 0 unspecified atom stereocenters. The van der Waals surface area contributed by atoms with Gasteiger partial charge in [-0.2, -0.15) is 5.26 Å². The van der Waals surface area contributed by atoms with Crippen LogP contribution >= 0.6 is 0 Å². The van der Waals surface area contributed by atoms with Crippen molar-refractivity contribution >= 4 is 5.91 Å². The van der Waals surface area contributed by atoms with Crippen LogP contribution in [-0.4, -0.2) is 32.1 Å². The maximum Gasteiger partial charge on any atom is 0.251 e. The van der Waals surface area contributed by atoms with Crippen molar-refractivity contribution in [2.75, 3.05) is 26.2 Å². The first-order valence-electron chi connectivity index (χ1n) is 6.41. The zero-order chi connectivity index (χ0) is 12.8. The molecule has 1 aromatic carbocycles. The largest absolute Gasteiger partial charge is 0.346 e. The Labute approximate surface area is 107 Å². The summed E-state index contributed by atoms with van der Waals surface area (Å²) in [6, 6.07) is 8.76. The molecule has 0 radical (unpaired) electrons. The van der Waals surface area contributed by atoms with Gasteiger partial charge in [0.1, 0.15) is 0 Å². The summed E-state index contributed by atoms with van der Waals surface area (Å²) in [4.78, 5) is 13.4. The maximum absolute atomic E-state index is 11.8. The van der Waals surface area contributed by atoms with Gasteiger partial charge in [-0.15, -0.1) is 0 Å². The van der Waals surface area contributed by atoms with Crippen molar-refractivity contribution in [3.63, 3.8) is 0 Å². The molecule has 1 saturated heterocycles. The minimum Gasteiger partial charge on any atom is -0.346 e. The summed E-state index contributed by atoms with van der Waals surface area (Å²) in [5, 5.41) is 11.6. The van der Waals surface area contributed by atoms with Crippen LogP contribution < -0.4 is 10.2 Å². The molecule has 1 aliphatic heterocycles. The number of likely N-dealkylation sites (tertiary alicyclic amines) is 1. The number of rotatable bonds is 4. The second-order valence-electron chi connectivity index (χ2n) is 4.65. The van der Waals surface area contributed by atoms with Gasteiger partial charge in [-0.3, -0.25) is 4.79 Å². The van der Waals surface area contributed by atoms with Gasteiger partial charge in [-0.25, -0.2) is 0 Å². The number of carbonyl (C=O) groups is 1. The molecule has 94 valence electrons. The molecule has 0 saturated carbocycles. The molecule has 4 heteroatoms. The highest BCUT2D eigenvalue weighted by atomic mass is 16.1. The van der Waals surface area contributed by atoms with E-state index in [2.05, 4.69) is 5.32 Å². The summed E-state index contributed by atoms with van der Waals surface area (Å²) >= 11 is 0. The van der Waals surface area contributed by atoms with E-state index in [-0.39, 0.29) is 5.91 Å². The maximum atomic E-state index is 11.8. The van der Waals surface area contributed by atoms with Crippen LogP contribution in [-0.2, 0) is 0 Å². The van der Waals surface area contributed by atoms with Gasteiger partial charge in [0.25, 0.3) is 5.91 Å². The van der Waals surface area contributed by atoms with Crippen molar-refractivity contribution < 1.29 is 9.69 Å². The van der Waals surface area contributed by atoms with Crippen LogP contribution in [0.2, 0.25) is 0 Å². The fraction of sp³-hybridized carbons (Fsp3) is 0.429. The van der Waals surface area contributed by atoms with E-state index in [1.54, 1.807) is 29.2 Å². The average molecular weight is 244 g/mol. The van der Waals surface area contributed by atoms with Crippen molar-refractivity contribution in [3.8, 4) is 6.07 Å². The third-order valence-electron chi connectivity index (χ3n) is 3.35. The van der Waals surface area contributed by atoms with Crippen molar-refractivity contribution in [2.24, 2.45) is 0 Å². The van der Waals surface area contributed by atoms with Crippen LogP contribution in [0.5, 0.6) is 0 Å². The molecular formula is C14H18N3O+. The number of nitriles is 1. The van der Waals surface area contributed by atoms with E-state index in [0.29, 0.717) is 17.7 Å². The number of amides is 1. The van der Waals surface area contributed by atoms with Crippen LogP contribution in [0.25, 0.3) is 0 Å². The molecule has 0 aliphatic carbocycles. The molecular weight excluding hydrogens is 226 g/mol. The van der Waals surface area contributed by atoms with Gasteiger partial charge in [0.2, 0.25) is 0 Å². The van der Waals surface area contributed by atoms with Gasteiger partial charge in [-0.05, 0) is 24.3 Å². The lowest BCUT2D eigenvalue weighted by molar-refractivity contribution is -0.886. The van der Waals surface area contributed by atoms with Crippen LogP contribution in [0.1, 0.15) is 28.8 Å². The van der Waals surface area contributed by atoms with Gasteiger partial charge < -0.3 is 10.2 Å². The Bertz CT molecular complexity index is 441. The Morgan fingerprint density at radius 1 is 1.28 bits per heavy atom. The van der Waals surface area contributed by atoms with E-state index in [1.165, 1.54) is 25.9 Å². The van der Waals surface area contributed by atoms with Crippen LogP contribution in [0.15, 0.2) is 24.3 Å². The number of benzene rings is 1. The lowest BCUT2D eigenvalue weighted by Gasteiger charge is -2.12. The summed E-state index contributed by atoms with van der Waals surface area (Å²) < 4.78 is 0. The highest BCUT2D eigenvalue weighted by Gasteiger charge is 2.14. The highest BCUT2D eigenvalue weighted by molar-refractivity contribution is 5.94. The number of hydrogen-bond acceptors (Lipinski definition) is 2. The molecule has 1 aromatic rings. The first-order chi connectivity index (χ1) is 8.79. The van der Waals surface area contributed by atoms with Gasteiger partial charge in [-0.1, -0.05) is 0 Å². The fourth-order valence-corrected chi connectivity index (χ4v) is 2.28. The van der Waals surface area contributed by atoms with Crippen molar-refractivity contribution in [1.82, 2.24) is 5.32 Å². The van der Waals surface area contributed by atoms with Crippen molar-refractivity contribution in [2.45, 2.75) is 12.8 Å². The standard InChI is InChI=1S/C14H17N3O/c15-11-12-3-5-13(6-4-12)14(18)16-7-10-17-8-1-2-9-17/h3-6H,1-2,7-10H2,(H,16,18)/p+1. The predicted molar refractivity (Wildman–Crippen MR) is 68.3 cm³/mol. The summed E-state index contributed by atoms with van der Waals surface area (Å²) in [6.07, 6.45) is 2.61. The van der Waals surface area contributed by atoms with Gasteiger partial charge in [0.15, 0.2) is 0 Å². The molecule has 0 aromatic heterocycles. The SMILES string of the molecule is N#Cc1ccc(C(=O)NCC[NH+]2CCCC2)cc1. The minimum absolute atomic E-state index is 0.0573. The molecule has 1 aliphatic rings. The van der Waals surface area contributed by atoms with Crippen LogP contribution in [0.4, 0.5) is 0 Å². The molecule has 4 nitrogen and oxygen atoms in total. The highest BCUT2D eigenvalue weighted by Crippen LogP contribution is 2.02. The molecule has 1 amide bonds. The third-order valence-corrected chi connectivity index (χ3v) is 3.35. The number of nitrogens with one attached hydrogen (secondary N) is 2. The zero-order valence-corrected chi connectivity index (χ0v) is 10.4. The predicted octanol–water partition coefficient (Wildman–Crippen LogP) is -0.0332. The average Bonchev–Trinajstić information content (AvgIpc) is 2.92. The monoisotopic (exact) mass is 244 g/mol. The lowest BCUT2D eigenvalue weighted by atomic mass is 10.1. The Hall–Kier alpha value is -1.86. The normalized spacial score (nSPS) is 15.3. The number of carbonyl (C=O) groups excluding carboxylic acids is 1. The third kappa shape index (κ3) is 3.31. The molecule has 0 atom stereocenters. The Morgan fingerprint density at radius 3 is 2.56 bits per heavy atom. The summed E-state index contributed by atoms with van der Waals surface area (Å²) in [5.74, 6) is -0.0573. The van der Waals surface area contributed by atoms with E-state index in [9.17, 15) is 4.79 Å². The molecule has 2 rings (SSSR count). The fourth-order valence-electron chi connectivity index (χ4n) is 2.28. The first-order valence-corrected chi connectivity index (χ1v) is 6.41. The van der Waals surface area contributed by atoms with Crippen molar-refractivity contribution in [1.29, 1.82) is 5.26 Å². The van der Waals surface area contributed by atoms with Crippen LogP contribution in [0.3, 0.4) is 0 Å². The van der Waals surface area contributed by atoms with Gasteiger partial charge in [0.05, 0.1) is 37.8 Å². The first kappa shape index (κ1) is 12.6. The van der Waals surface area contributed by atoms with E-state index < -0.39 is 0 Å². The molecule has 0 bridgehead atoms. The Morgan fingerprint density at radius 2 is 1.94 bits per heavy atom. The lowest BCUT2D eigenvalue weighted by Crippen LogP contribution is -3.10. The zero-order valence-electron chi connectivity index (χ0n) is 10.4. The molecule has 1 heterocycles. The van der Waals surface area contributed by atoms with E-state index in [1.807, 2.05) is 6.07 Å². The molecule has 0 spiro atoms. The van der Waals surface area contributed by atoms with Crippen LogP contribution in [0, 0.1) is 11.3 Å². The number of hydrogen-bond donors (Lipinski definition) is 2. The molecule has 18 heavy (non-hydrogen) atoms. The quantitative estimate of drug-likeness (QED) is 0.781. The molecule has 1 fully saturated rings. The Balaban J connectivity index is 1.78. The van der Waals surface area contributed by atoms with Crippen molar-refractivity contribution in [3.05, 3.63) is 35.4 Å². The van der Waals surface area contributed by atoms with Gasteiger partial charge in [0, 0.05) is 18.4 Å². The van der Waals surface area contributed by atoms with E-state index in [4.69, 9.17) is 5.26 Å².